The van der Waals surface area contributed by atoms with Crippen molar-refractivity contribution in [2.45, 2.75) is 0 Å². The van der Waals surface area contributed by atoms with E-state index in [1.165, 1.54) is 7.11 Å². The number of nitrogens with zero attached hydrogens (tertiary/aromatic N) is 1. The molecule has 0 aliphatic heterocycles. The summed E-state index contributed by atoms with van der Waals surface area (Å²) in [6.07, 6.45) is 1.59. The van der Waals surface area contributed by atoms with Gasteiger partial charge >= 0.3 is 0 Å². The Bertz CT molecular complexity index is 843. The van der Waals surface area contributed by atoms with Crippen molar-refractivity contribution in [2.75, 3.05) is 14.2 Å². The molecule has 0 N–H and O–H groups in total. The highest BCUT2D eigenvalue weighted by Crippen LogP contribution is 2.32. The van der Waals surface area contributed by atoms with Gasteiger partial charge in [-0.15, -0.1) is 0 Å². The molecule has 0 saturated carbocycles. The predicted molar refractivity (Wildman–Crippen MR) is 84.7 cm³/mol. The molecule has 3 rings (SSSR count). The number of hydrogen-bond acceptors (Lipinski definition) is 4. The van der Waals surface area contributed by atoms with Crippen molar-refractivity contribution in [3.8, 4) is 11.5 Å². The largest absolute Gasteiger partial charge is 0.493 e. The van der Waals surface area contributed by atoms with Gasteiger partial charge in [-0.05, 0) is 24.3 Å². The molecule has 0 fully saturated rings. The second kappa shape index (κ2) is 5.85. The fourth-order valence-electron chi connectivity index (χ4n) is 2.42. The van der Waals surface area contributed by atoms with Crippen molar-refractivity contribution >= 4 is 16.7 Å². The number of fused-ring (bicyclic) bond motifs is 1. The van der Waals surface area contributed by atoms with Crippen LogP contribution in [0.25, 0.3) is 10.9 Å². The number of pyridine rings is 1. The SMILES string of the molecule is COc1cccc(C(=O)c2cnc3ccccc3c2)c1OC. The molecule has 4 heteroatoms. The predicted octanol–water partition coefficient (Wildman–Crippen LogP) is 3.48. The van der Waals surface area contributed by atoms with Gasteiger partial charge in [0, 0.05) is 17.1 Å². The molecule has 0 unspecified atom stereocenters. The maximum Gasteiger partial charge on any atom is 0.198 e. The summed E-state index contributed by atoms with van der Waals surface area (Å²) in [4.78, 5) is 17.1. The van der Waals surface area contributed by atoms with E-state index in [4.69, 9.17) is 9.47 Å². The lowest BCUT2D eigenvalue weighted by Gasteiger charge is -2.11. The van der Waals surface area contributed by atoms with Crippen LogP contribution < -0.4 is 9.47 Å². The average molecular weight is 293 g/mol. The monoisotopic (exact) mass is 293 g/mol. The van der Waals surface area contributed by atoms with Crippen LogP contribution in [0.2, 0.25) is 0 Å². The van der Waals surface area contributed by atoms with Gasteiger partial charge < -0.3 is 9.47 Å². The molecule has 0 bridgehead atoms. The first-order chi connectivity index (χ1) is 10.7. The Kier molecular flexibility index (Phi) is 3.74. The zero-order chi connectivity index (χ0) is 15.5. The summed E-state index contributed by atoms with van der Waals surface area (Å²) in [5.41, 5.74) is 1.83. The number of rotatable bonds is 4. The van der Waals surface area contributed by atoms with E-state index < -0.39 is 0 Å². The minimum absolute atomic E-state index is 0.144. The molecular weight excluding hydrogens is 278 g/mol. The van der Waals surface area contributed by atoms with E-state index >= 15 is 0 Å². The number of methoxy groups -OCH3 is 2. The number of para-hydroxylation sites is 2. The molecule has 0 aliphatic carbocycles. The van der Waals surface area contributed by atoms with Crippen LogP contribution in [0.5, 0.6) is 11.5 Å². The Morgan fingerprint density at radius 2 is 1.82 bits per heavy atom. The van der Waals surface area contributed by atoms with Crippen LogP contribution in [0.1, 0.15) is 15.9 Å². The maximum atomic E-state index is 12.8. The lowest BCUT2D eigenvalue weighted by molar-refractivity contribution is 0.103. The lowest BCUT2D eigenvalue weighted by Crippen LogP contribution is -2.05. The Morgan fingerprint density at radius 1 is 1.00 bits per heavy atom. The zero-order valence-corrected chi connectivity index (χ0v) is 12.4. The Balaban J connectivity index is 2.09. The molecule has 22 heavy (non-hydrogen) atoms. The van der Waals surface area contributed by atoms with Gasteiger partial charge in [0.25, 0.3) is 0 Å². The summed E-state index contributed by atoms with van der Waals surface area (Å²) < 4.78 is 10.6. The van der Waals surface area contributed by atoms with E-state index in [1.54, 1.807) is 31.5 Å². The van der Waals surface area contributed by atoms with Crippen LogP contribution in [-0.2, 0) is 0 Å². The minimum atomic E-state index is -0.144. The van der Waals surface area contributed by atoms with Crippen molar-refractivity contribution in [1.82, 2.24) is 4.98 Å². The molecular formula is C18H15NO3. The van der Waals surface area contributed by atoms with Gasteiger partial charge in [0.1, 0.15) is 0 Å². The van der Waals surface area contributed by atoms with Crippen LogP contribution in [0, 0.1) is 0 Å². The maximum absolute atomic E-state index is 12.8. The fourth-order valence-corrected chi connectivity index (χ4v) is 2.42. The van der Waals surface area contributed by atoms with E-state index in [2.05, 4.69) is 4.98 Å². The molecule has 0 atom stereocenters. The Hall–Kier alpha value is -2.88. The van der Waals surface area contributed by atoms with Crippen molar-refractivity contribution in [1.29, 1.82) is 0 Å². The molecule has 0 radical (unpaired) electrons. The highest BCUT2D eigenvalue weighted by Gasteiger charge is 2.18. The third-order valence-corrected chi connectivity index (χ3v) is 3.50. The van der Waals surface area contributed by atoms with Crippen LogP contribution in [0.15, 0.2) is 54.7 Å². The average Bonchev–Trinajstić information content (AvgIpc) is 2.59. The fraction of sp³-hybridized carbons (Fsp3) is 0.111. The lowest BCUT2D eigenvalue weighted by atomic mass is 10.0. The molecule has 1 heterocycles. The summed E-state index contributed by atoms with van der Waals surface area (Å²) in [5.74, 6) is 0.819. The van der Waals surface area contributed by atoms with Crippen LogP contribution in [-0.4, -0.2) is 25.0 Å². The highest BCUT2D eigenvalue weighted by atomic mass is 16.5. The molecule has 0 spiro atoms. The molecule has 2 aromatic carbocycles. The summed E-state index contributed by atoms with van der Waals surface area (Å²) in [6.45, 7) is 0. The van der Waals surface area contributed by atoms with E-state index in [1.807, 2.05) is 30.3 Å². The molecule has 3 aromatic rings. The van der Waals surface area contributed by atoms with Crippen molar-refractivity contribution in [3.05, 3.63) is 65.9 Å². The van der Waals surface area contributed by atoms with E-state index in [9.17, 15) is 4.79 Å². The van der Waals surface area contributed by atoms with Crippen molar-refractivity contribution in [3.63, 3.8) is 0 Å². The Labute approximate surface area is 128 Å². The van der Waals surface area contributed by atoms with Gasteiger partial charge in [0.2, 0.25) is 0 Å². The number of ketones is 1. The van der Waals surface area contributed by atoms with Gasteiger partial charge in [0.15, 0.2) is 17.3 Å². The summed E-state index contributed by atoms with van der Waals surface area (Å²) in [6, 6.07) is 14.8. The van der Waals surface area contributed by atoms with Crippen LogP contribution in [0.4, 0.5) is 0 Å². The quantitative estimate of drug-likeness (QED) is 0.691. The number of ether oxygens (including phenoxy) is 2. The second-order valence-electron chi connectivity index (χ2n) is 4.79. The Morgan fingerprint density at radius 3 is 2.59 bits per heavy atom. The first-order valence-electron chi connectivity index (χ1n) is 6.85. The van der Waals surface area contributed by atoms with Gasteiger partial charge in [-0.25, -0.2) is 0 Å². The van der Waals surface area contributed by atoms with Crippen molar-refractivity contribution < 1.29 is 14.3 Å². The topological polar surface area (TPSA) is 48.4 Å². The van der Waals surface area contributed by atoms with Gasteiger partial charge in [0.05, 0.1) is 25.3 Å². The van der Waals surface area contributed by atoms with Crippen molar-refractivity contribution in [2.24, 2.45) is 0 Å². The molecule has 0 amide bonds. The van der Waals surface area contributed by atoms with E-state index in [0.717, 1.165) is 10.9 Å². The minimum Gasteiger partial charge on any atom is -0.493 e. The number of hydrogen-bond donors (Lipinski definition) is 0. The number of carbonyl (C=O) groups is 1. The first kappa shape index (κ1) is 14.1. The van der Waals surface area contributed by atoms with Gasteiger partial charge in [-0.1, -0.05) is 24.3 Å². The normalized spacial score (nSPS) is 10.5. The molecule has 4 nitrogen and oxygen atoms in total. The van der Waals surface area contributed by atoms with Crippen LogP contribution >= 0.6 is 0 Å². The third-order valence-electron chi connectivity index (χ3n) is 3.50. The smallest absolute Gasteiger partial charge is 0.198 e. The van der Waals surface area contributed by atoms with E-state index in [0.29, 0.717) is 22.6 Å². The second-order valence-corrected chi connectivity index (χ2v) is 4.79. The summed E-state index contributed by atoms with van der Waals surface area (Å²) >= 11 is 0. The van der Waals surface area contributed by atoms with E-state index in [-0.39, 0.29) is 5.78 Å². The van der Waals surface area contributed by atoms with Gasteiger partial charge in [-0.3, -0.25) is 9.78 Å². The number of benzene rings is 2. The zero-order valence-electron chi connectivity index (χ0n) is 12.4. The summed E-state index contributed by atoms with van der Waals surface area (Å²) in [5, 5.41) is 0.926. The molecule has 1 aromatic heterocycles. The molecule has 110 valence electrons. The van der Waals surface area contributed by atoms with Gasteiger partial charge in [-0.2, -0.15) is 0 Å². The first-order valence-corrected chi connectivity index (χ1v) is 6.85. The third kappa shape index (κ3) is 2.39. The summed E-state index contributed by atoms with van der Waals surface area (Å²) in [7, 11) is 3.07. The number of aromatic nitrogens is 1. The van der Waals surface area contributed by atoms with Crippen LogP contribution in [0.3, 0.4) is 0 Å². The number of carbonyl (C=O) groups excluding carboxylic acids is 1. The highest BCUT2D eigenvalue weighted by molar-refractivity contribution is 6.12. The standard InChI is InChI=1S/C18H15NO3/c1-21-16-9-5-7-14(18(16)22-2)17(20)13-10-12-6-3-4-8-15(12)19-11-13/h3-11H,1-2H3. The molecule has 0 aliphatic rings. The molecule has 0 saturated heterocycles.